The summed E-state index contributed by atoms with van der Waals surface area (Å²) in [5, 5.41) is 2.79. The molecule has 2 aliphatic heterocycles. The third-order valence-electron chi connectivity index (χ3n) is 8.08. The Labute approximate surface area is 259 Å². The standard InChI is InChI=1S/C34H42N6O4/c1-25-14-18-39(19-15-25)16-7-17-40(34(42)38-32-24-43-23-28(44-32)20-26-8-3-2-4-9-26)22-27-12-13-31(36-21-27)33(41)37-30-11-6-5-10-29(30)35/h2-3,5-6,8,10-13,21,23,25H,4,7,9,14-20,22,24,35H2,1H3,(H,37,41). The number of urea groups is 1. The average Bonchev–Trinajstić information content (AvgIpc) is 3.03. The molecule has 44 heavy (non-hydrogen) atoms. The van der Waals surface area contributed by atoms with Crippen LogP contribution in [0.2, 0.25) is 0 Å². The molecule has 1 aromatic carbocycles. The summed E-state index contributed by atoms with van der Waals surface area (Å²) >= 11 is 0. The Bertz CT molecular complexity index is 1420. The summed E-state index contributed by atoms with van der Waals surface area (Å²) in [6, 6.07) is 10.1. The number of allylic oxidation sites excluding steroid dienone is 4. The van der Waals surface area contributed by atoms with Crippen LogP contribution in [0.4, 0.5) is 16.2 Å². The predicted molar refractivity (Wildman–Crippen MR) is 172 cm³/mol. The summed E-state index contributed by atoms with van der Waals surface area (Å²) in [7, 11) is 0. The second-order valence-electron chi connectivity index (χ2n) is 11.6. The fourth-order valence-electron chi connectivity index (χ4n) is 5.43. The van der Waals surface area contributed by atoms with Crippen LogP contribution in [0, 0.1) is 5.92 Å². The molecule has 10 heteroatoms. The molecule has 1 aliphatic carbocycles. The maximum Gasteiger partial charge on any atom is 0.346 e. The SMILES string of the molecule is CC1CCN(CCCN(Cc2ccc(C(=O)Nc3ccccc3N)nc2)C(=O)N=C2COC=C(CC3=CC=CCC3)O2)CC1. The molecule has 2 aromatic rings. The van der Waals surface area contributed by atoms with Gasteiger partial charge in [-0.1, -0.05) is 48.9 Å². The van der Waals surface area contributed by atoms with E-state index in [0.29, 0.717) is 36.6 Å². The van der Waals surface area contributed by atoms with Crippen LogP contribution >= 0.6 is 0 Å². The van der Waals surface area contributed by atoms with Crippen molar-refractivity contribution in [3.63, 3.8) is 0 Å². The van der Waals surface area contributed by atoms with Crippen LogP contribution in [0.25, 0.3) is 0 Å². The lowest BCUT2D eigenvalue weighted by atomic mass is 9.99. The number of nitrogens with zero attached hydrogens (tertiary/aromatic N) is 4. The van der Waals surface area contributed by atoms with Gasteiger partial charge in [0.1, 0.15) is 17.7 Å². The highest BCUT2D eigenvalue weighted by Crippen LogP contribution is 2.23. The average molecular weight is 599 g/mol. The van der Waals surface area contributed by atoms with Gasteiger partial charge in [-0.3, -0.25) is 9.78 Å². The lowest BCUT2D eigenvalue weighted by Gasteiger charge is -2.31. The van der Waals surface area contributed by atoms with Crippen molar-refractivity contribution in [1.29, 1.82) is 0 Å². The van der Waals surface area contributed by atoms with Crippen LogP contribution in [0.15, 0.2) is 83.4 Å². The van der Waals surface area contributed by atoms with Gasteiger partial charge in [0.15, 0.2) is 6.61 Å². The molecule has 3 aliphatic rings. The molecule has 3 heterocycles. The number of benzene rings is 1. The molecule has 232 valence electrons. The first kappa shape index (κ1) is 31.0. The van der Waals surface area contributed by atoms with E-state index < -0.39 is 6.03 Å². The lowest BCUT2D eigenvalue weighted by Crippen LogP contribution is -2.36. The first-order valence-electron chi connectivity index (χ1n) is 15.5. The normalized spacial score (nSPS) is 18.2. The minimum Gasteiger partial charge on any atom is -0.488 e. The van der Waals surface area contributed by atoms with Crippen LogP contribution in [-0.2, 0) is 16.0 Å². The number of amides is 3. The molecule has 0 atom stereocenters. The van der Waals surface area contributed by atoms with E-state index >= 15 is 0 Å². The quantitative estimate of drug-likeness (QED) is 0.326. The zero-order chi connectivity index (χ0) is 30.7. The Hall–Kier alpha value is -4.44. The van der Waals surface area contributed by atoms with Crippen LogP contribution in [0.5, 0.6) is 0 Å². The number of aliphatic imine (C=N–C) groups is 1. The monoisotopic (exact) mass is 598 g/mol. The van der Waals surface area contributed by atoms with Crippen molar-refractivity contribution in [3.05, 3.63) is 89.7 Å². The molecule has 0 saturated carbocycles. The number of nitrogens with two attached hydrogens (primary N) is 1. The van der Waals surface area contributed by atoms with Crippen molar-refractivity contribution in [2.45, 2.75) is 52.0 Å². The van der Waals surface area contributed by atoms with E-state index in [1.807, 2.05) is 6.07 Å². The van der Waals surface area contributed by atoms with Crippen LogP contribution in [-0.4, -0.2) is 65.4 Å². The molecule has 1 saturated heterocycles. The Morgan fingerprint density at radius 1 is 1.18 bits per heavy atom. The van der Waals surface area contributed by atoms with Gasteiger partial charge < -0.3 is 30.3 Å². The van der Waals surface area contributed by atoms with Gasteiger partial charge in [-0.15, -0.1) is 0 Å². The number of pyridine rings is 1. The van der Waals surface area contributed by atoms with Gasteiger partial charge in [0.05, 0.1) is 11.4 Å². The third kappa shape index (κ3) is 9.03. The molecular formula is C34H42N6O4. The summed E-state index contributed by atoms with van der Waals surface area (Å²) in [5.41, 5.74) is 9.26. The van der Waals surface area contributed by atoms with Gasteiger partial charge in [-0.25, -0.2) is 4.79 Å². The van der Waals surface area contributed by atoms with E-state index in [1.165, 1.54) is 18.4 Å². The second-order valence-corrected chi connectivity index (χ2v) is 11.6. The lowest BCUT2D eigenvalue weighted by molar-refractivity contribution is 0.102. The number of likely N-dealkylation sites (tertiary alicyclic amines) is 1. The Morgan fingerprint density at radius 2 is 2.02 bits per heavy atom. The molecule has 1 fully saturated rings. The third-order valence-corrected chi connectivity index (χ3v) is 8.08. The summed E-state index contributed by atoms with van der Waals surface area (Å²) in [4.78, 5) is 39.1. The molecule has 10 nitrogen and oxygen atoms in total. The number of nitrogens with one attached hydrogen (secondary N) is 1. The minimum absolute atomic E-state index is 0.102. The molecular weight excluding hydrogens is 556 g/mol. The van der Waals surface area contributed by atoms with Crippen LogP contribution in [0.3, 0.4) is 0 Å². The summed E-state index contributed by atoms with van der Waals surface area (Å²) < 4.78 is 11.6. The largest absolute Gasteiger partial charge is 0.488 e. The maximum atomic E-state index is 13.5. The number of aromatic nitrogens is 1. The van der Waals surface area contributed by atoms with E-state index in [2.05, 4.69) is 45.3 Å². The summed E-state index contributed by atoms with van der Waals surface area (Å²) in [5.74, 6) is 1.30. The fourth-order valence-corrected chi connectivity index (χ4v) is 5.43. The molecule has 5 rings (SSSR count). The topological polar surface area (TPSA) is 122 Å². The van der Waals surface area contributed by atoms with Gasteiger partial charge in [0.2, 0.25) is 5.90 Å². The smallest absolute Gasteiger partial charge is 0.346 e. The van der Waals surface area contributed by atoms with Crippen molar-refractivity contribution in [3.8, 4) is 0 Å². The highest BCUT2D eigenvalue weighted by Gasteiger charge is 2.21. The first-order chi connectivity index (χ1) is 21.4. The maximum absolute atomic E-state index is 13.5. The second kappa shape index (κ2) is 15.3. The van der Waals surface area contributed by atoms with Gasteiger partial charge in [-0.2, -0.15) is 4.99 Å². The molecule has 1 aromatic heterocycles. The molecule has 0 bridgehead atoms. The molecule has 0 radical (unpaired) electrons. The van der Waals surface area contributed by atoms with Gasteiger partial charge in [0.25, 0.3) is 5.91 Å². The number of anilines is 2. The predicted octanol–water partition coefficient (Wildman–Crippen LogP) is 5.91. The molecule has 3 N–H and O–H groups in total. The number of carbonyl (C=O) groups excluding carboxylic acids is 2. The summed E-state index contributed by atoms with van der Waals surface area (Å²) in [6.07, 6.45) is 15.4. The number of nitrogen functional groups attached to an aromatic ring is 1. The zero-order valence-corrected chi connectivity index (χ0v) is 25.4. The van der Waals surface area contributed by atoms with Gasteiger partial charge in [0, 0.05) is 25.7 Å². The van der Waals surface area contributed by atoms with E-state index in [-0.39, 0.29) is 24.1 Å². The van der Waals surface area contributed by atoms with E-state index in [9.17, 15) is 9.59 Å². The molecule has 0 unspecified atom stereocenters. The number of piperidine rings is 1. The molecule has 0 spiro atoms. The van der Waals surface area contributed by atoms with E-state index in [4.69, 9.17) is 15.2 Å². The Morgan fingerprint density at radius 3 is 2.77 bits per heavy atom. The number of carbonyl (C=O) groups is 2. The van der Waals surface area contributed by atoms with Crippen molar-refractivity contribution in [2.24, 2.45) is 10.9 Å². The number of hydrogen-bond donors (Lipinski definition) is 2. The first-order valence-corrected chi connectivity index (χ1v) is 15.5. The van der Waals surface area contributed by atoms with Crippen LogP contribution in [0.1, 0.15) is 61.5 Å². The number of para-hydroxylation sites is 2. The van der Waals surface area contributed by atoms with Gasteiger partial charge in [-0.05, 0) is 81.4 Å². The minimum atomic E-state index is -0.390. The molecule has 3 amide bonds. The van der Waals surface area contributed by atoms with Crippen LogP contribution < -0.4 is 11.1 Å². The number of hydrogen-bond acceptors (Lipinski definition) is 7. The highest BCUT2D eigenvalue weighted by molar-refractivity contribution is 6.04. The number of ether oxygens (including phenoxy) is 2. The van der Waals surface area contributed by atoms with Gasteiger partial charge >= 0.3 is 6.03 Å². The Balaban J connectivity index is 1.23. The van der Waals surface area contributed by atoms with Crippen molar-refractivity contribution >= 4 is 29.2 Å². The number of rotatable bonds is 10. The van der Waals surface area contributed by atoms with Crippen molar-refractivity contribution < 1.29 is 19.1 Å². The Kier molecular flexibility index (Phi) is 10.8. The zero-order valence-electron chi connectivity index (χ0n) is 25.4. The summed E-state index contributed by atoms with van der Waals surface area (Å²) in [6.45, 7) is 6.33. The van der Waals surface area contributed by atoms with E-state index in [1.54, 1.807) is 47.7 Å². The fraction of sp³-hybridized carbons (Fsp3) is 0.412. The van der Waals surface area contributed by atoms with E-state index in [0.717, 1.165) is 50.4 Å². The highest BCUT2D eigenvalue weighted by atomic mass is 16.6. The van der Waals surface area contributed by atoms with Crippen molar-refractivity contribution in [2.75, 3.05) is 43.8 Å². The van der Waals surface area contributed by atoms with Crippen molar-refractivity contribution in [1.82, 2.24) is 14.8 Å².